The first-order valence-electron chi connectivity index (χ1n) is 4.77. The third kappa shape index (κ3) is 2.18. The Labute approximate surface area is 101 Å². The van der Waals surface area contributed by atoms with Crippen molar-refractivity contribution in [2.45, 2.75) is 6.54 Å². The number of carbonyl (C=O) groups is 2. The largest absolute Gasteiger partial charge is 0.364 e. The number of nitrogens with two attached hydrogens (primary N) is 2. The van der Waals surface area contributed by atoms with Gasteiger partial charge in [0.1, 0.15) is 16.4 Å². The summed E-state index contributed by atoms with van der Waals surface area (Å²) in [7, 11) is 0. The van der Waals surface area contributed by atoms with Crippen LogP contribution in [0.1, 0.15) is 26.0 Å². The standard InChI is InChI=1S/C10H10N4O2S/c11-9(15)6-1-2-7(10(12)16)14(6)5-8-13-3-4-17-8/h1-4H,5H2,(H2,11,15)(H2,12,16). The van der Waals surface area contributed by atoms with Crippen molar-refractivity contribution in [1.29, 1.82) is 0 Å². The van der Waals surface area contributed by atoms with E-state index >= 15 is 0 Å². The number of amides is 2. The summed E-state index contributed by atoms with van der Waals surface area (Å²) in [6.45, 7) is 0.307. The molecule has 0 aliphatic rings. The van der Waals surface area contributed by atoms with Crippen molar-refractivity contribution in [2.24, 2.45) is 11.5 Å². The van der Waals surface area contributed by atoms with Crippen LogP contribution in [0.3, 0.4) is 0 Å². The van der Waals surface area contributed by atoms with Gasteiger partial charge in [0.25, 0.3) is 11.8 Å². The Kier molecular flexibility index (Phi) is 2.92. The van der Waals surface area contributed by atoms with E-state index in [9.17, 15) is 9.59 Å². The van der Waals surface area contributed by atoms with E-state index in [1.807, 2.05) is 5.38 Å². The van der Waals surface area contributed by atoms with Crippen LogP contribution in [-0.4, -0.2) is 21.4 Å². The predicted molar refractivity (Wildman–Crippen MR) is 62.7 cm³/mol. The van der Waals surface area contributed by atoms with Gasteiger partial charge in [0.2, 0.25) is 0 Å². The Morgan fingerprint density at radius 2 is 1.82 bits per heavy atom. The molecule has 2 amide bonds. The van der Waals surface area contributed by atoms with Crippen molar-refractivity contribution in [3.05, 3.63) is 40.1 Å². The number of carbonyl (C=O) groups excluding carboxylic acids is 2. The van der Waals surface area contributed by atoms with Gasteiger partial charge in [-0.05, 0) is 12.1 Å². The fourth-order valence-electron chi connectivity index (χ4n) is 1.53. The number of primary amides is 2. The molecule has 17 heavy (non-hydrogen) atoms. The molecular formula is C10H10N4O2S. The number of hydrogen-bond acceptors (Lipinski definition) is 4. The van der Waals surface area contributed by atoms with Crippen LogP contribution in [0.2, 0.25) is 0 Å². The van der Waals surface area contributed by atoms with Gasteiger partial charge in [-0.15, -0.1) is 11.3 Å². The van der Waals surface area contributed by atoms with Gasteiger partial charge in [-0.2, -0.15) is 0 Å². The molecule has 0 saturated carbocycles. The van der Waals surface area contributed by atoms with Crippen molar-refractivity contribution in [1.82, 2.24) is 9.55 Å². The zero-order chi connectivity index (χ0) is 12.4. The minimum absolute atomic E-state index is 0.244. The highest BCUT2D eigenvalue weighted by Gasteiger charge is 2.16. The molecule has 0 fully saturated rings. The molecular weight excluding hydrogens is 240 g/mol. The van der Waals surface area contributed by atoms with Gasteiger partial charge in [-0.3, -0.25) is 9.59 Å². The number of hydrogen-bond donors (Lipinski definition) is 2. The van der Waals surface area contributed by atoms with Gasteiger partial charge in [0, 0.05) is 11.6 Å². The molecule has 0 aliphatic carbocycles. The van der Waals surface area contributed by atoms with Crippen LogP contribution in [-0.2, 0) is 6.54 Å². The van der Waals surface area contributed by atoms with Crippen LogP contribution < -0.4 is 11.5 Å². The van der Waals surface area contributed by atoms with Gasteiger partial charge in [0.05, 0.1) is 6.54 Å². The molecule has 0 bridgehead atoms. The van der Waals surface area contributed by atoms with E-state index < -0.39 is 11.8 Å². The number of nitrogens with zero attached hydrogens (tertiary/aromatic N) is 2. The minimum atomic E-state index is -0.603. The molecule has 2 aromatic heterocycles. The Morgan fingerprint density at radius 1 is 1.24 bits per heavy atom. The average molecular weight is 250 g/mol. The molecule has 4 N–H and O–H groups in total. The van der Waals surface area contributed by atoms with E-state index in [-0.39, 0.29) is 11.4 Å². The summed E-state index contributed by atoms with van der Waals surface area (Å²) in [5, 5.41) is 2.58. The van der Waals surface area contributed by atoms with Crippen molar-refractivity contribution >= 4 is 23.2 Å². The Hall–Kier alpha value is -2.15. The van der Waals surface area contributed by atoms with E-state index in [1.165, 1.54) is 28.0 Å². The molecule has 0 atom stereocenters. The molecule has 0 unspecified atom stereocenters. The number of rotatable bonds is 4. The average Bonchev–Trinajstić information content (AvgIpc) is 2.86. The predicted octanol–water partition coefficient (Wildman–Crippen LogP) is 0.191. The van der Waals surface area contributed by atoms with Crippen LogP contribution in [0.5, 0.6) is 0 Å². The lowest BCUT2D eigenvalue weighted by Gasteiger charge is -2.07. The highest BCUT2D eigenvalue weighted by Crippen LogP contribution is 2.13. The lowest BCUT2D eigenvalue weighted by molar-refractivity contribution is 0.0987. The lowest BCUT2D eigenvalue weighted by atomic mass is 10.4. The summed E-state index contributed by atoms with van der Waals surface area (Å²) in [5.41, 5.74) is 10.9. The van der Waals surface area contributed by atoms with Crippen LogP contribution in [0.25, 0.3) is 0 Å². The smallest absolute Gasteiger partial charge is 0.265 e. The van der Waals surface area contributed by atoms with Crippen LogP contribution in [0, 0.1) is 0 Å². The number of thiazole rings is 1. The topological polar surface area (TPSA) is 104 Å². The Bertz CT molecular complexity index is 527. The van der Waals surface area contributed by atoms with E-state index in [4.69, 9.17) is 11.5 Å². The number of aromatic nitrogens is 2. The van der Waals surface area contributed by atoms with Gasteiger partial charge >= 0.3 is 0 Å². The van der Waals surface area contributed by atoms with Crippen LogP contribution >= 0.6 is 11.3 Å². The minimum Gasteiger partial charge on any atom is -0.364 e. The van der Waals surface area contributed by atoms with Gasteiger partial charge < -0.3 is 16.0 Å². The first-order chi connectivity index (χ1) is 8.09. The van der Waals surface area contributed by atoms with Crippen LogP contribution in [0.4, 0.5) is 0 Å². The summed E-state index contributed by atoms with van der Waals surface area (Å²) >= 11 is 1.43. The van der Waals surface area contributed by atoms with Gasteiger partial charge in [-0.1, -0.05) is 0 Å². The molecule has 0 spiro atoms. The highest BCUT2D eigenvalue weighted by molar-refractivity contribution is 7.09. The van der Waals surface area contributed by atoms with E-state index in [1.54, 1.807) is 6.20 Å². The molecule has 0 saturated heterocycles. The molecule has 2 heterocycles. The maximum Gasteiger partial charge on any atom is 0.265 e. The second-order valence-electron chi connectivity index (χ2n) is 3.34. The fraction of sp³-hybridized carbons (Fsp3) is 0.100. The Morgan fingerprint density at radius 3 is 2.24 bits per heavy atom. The molecule has 0 aliphatic heterocycles. The summed E-state index contributed by atoms with van der Waals surface area (Å²) in [6, 6.07) is 2.96. The SMILES string of the molecule is NC(=O)c1ccc(C(N)=O)n1Cc1nccs1. The summed E-state index contributed by atoms with van der Waals surface area (Å²) < 4.78 is 1.48. The third-order valence-corrected chi connectivity index (χ3v) is 3.03. The quantitative estimate of drug-likeness (QED) is 0.809. The van der Waals surface area contributed by atoms with Crippen LogP contribution in [0.15, 0.2) is 23.7 Å². The lowest BCUT2D eigenvalue weighted by Crippen LogP contribution is -2.22. The Balaban J connectivity index is 2.44. The van der Waals surface area contributed by atoms with Gasteiger partial charge in [0.15, 0.2) is 0 Å². The normalized spacial score (nSPS) is 10.4. The van der Waals surface area contributed by atoms with E-state index in [2.05, 4.69) is 4.98 Å². The molecule has 7 heteroatoms. The van der Waals surface area contributed by atoms with Gasteiger partial charge in [-0.25, -0.2) is 4.98 Å². The van der Waals surface area contributed by atoms with Crippen molar-refractivity contribution in [3.8, 4) is 0 Å². The summed E-state index contributed by atoms with van der Waals surface area (Å²) in [5.74, 6) is -1.21. The highest BCUT2D eigenvalue weighted by atomic mass is 32.1. The molecule has 2 aromatic rings. The summed E-state index contributed by atoms with van der Waals surface area (Å²) in [4.78, 5) is 26.5. The molecule has 0 radical (unpaired) electrons. The molecule has 88 valence electrons. The first-order valence-corrected chi connectivity index (χ1v) is 5.65. The van der Waals surface area contributed by atoms with Crippen molar-refractivity contribution in [2.75, 3.05) is 0 Å². The van der Waals surface area contributed by atoms with Crippen molar-refractivity contribution < 1.29 is 9.59 Å². The van der Waals surface area contributed by atoms with Crippen molar-refractivity contribution in [3.63, 3.8) is 0 Å². The summed E-state index contributed by atoms with van der Waals surface area (Å²) in [6.07, 6.45) is 1.65. The molecule has 6 nitrogen and oxygen atoms in total. The molecule has 2 rings (SSSR count). The zero-order valence-electron chi connectivity index (χ0n) is 8.79. The van der Waals surface area contributed by atoms with E-state index in [0.717, 1.165) is 5.01 Å². The zero-order valence-corrected chi connectivity index (χ0v) is 9.61. The maximum absolute atomic E-state index is 11.2. The van der Waals surface area contributed by atoms with E-state index in [0.29, 0.717) is 6.54 Å². The maximum atomic E-state index is 11.2. The monoisotopic (exact) mass is 250 g/mol. The second-order valence-corrected chi connectivity index (χ2v) is 4.32. The first kappa shape index (κ1) is 11.3. The second kappa shape index (κ2) is 4.38. The molecule has 0 aromatic carbocycles. The third-order valence-electron chi connectivity index (χ3n) is 2.26. The fourth-order valence-corrected chi connectivity index (χ4v) is 2.14.